The standard InChI is InChI=1S/C13H19N5OS/c1-9(2)10-14-15-13-18(10)16-11(20-13)12(19)17-7-5-3-4-6-8-17/h9H,3-8H2,1-2H3. The lowest BCUT2D eigenvalue weighted by Crippen LogP contribution is -2.31. The molecule has 2 aromatic rings. The number of fused-ring (bicyclic) bond motifs is 1. The molecular weight excluding hydrogens is 274 g/mol. The van der Waals surface area contributed by atoms with Gasteiger partial charge in [-0.25, -0.2) is 0 Å². The third-order valence-corrected chi connectivity index (χ3v) is 4.49. The molecule has 3 rings (SSSR count). The fourth-order valence-corrected chi connectivity index (χ4v) is 3.30. The van der Waals surface area contributed by atoms with E-state index >= 15 is 0 Å². The largest absolute Gasteiger partial charge is 0.337 e. The van der Waals surface area contributed by atoms with Crippen LogP contribution in [0.2, 0.25) is 0 Å². The minimum Gasteiger partial charge on any atom is -0.337 e. The highest BCUT2D eigenvalue weighted by molar-refractivity contribution is 7.18. The van der Waals surface area contributed by atoms with E-state index in [2.05, 4.69) is 15.3 Å². The van der Waals surface area contributed by atoms with E-state index in [4.69, 9.17) is 0 Å². The summed E-state index contributed by atoms with van der Waals surface area (Å²) in [5.41, 5.74) is 0. The van der Waals surface area contributed by atoms with Crippen LogP contribution in [0.15, 0.2) is 0 Å². The second kappa shape index (κ2) is 5.47. The molecule has 20 heavy (non-hydrogen) atoms. The molecule has 0 saturated carbocycles. The van der Waals surface area contributed by atoms with Gasteiger partial charge in [-0.2, -0.15) is 4.52 Å². The number of carbonyl (C=O) groups excluding carboxylic acids is 1. The van der Waals surface area contributed by atoms with Gasteiger partial charge in [0.15, 0.2) is 5.82 Å². The van der Waals surface area contributed by atoms with E-state index in [1.54, 1.807) is 4.52 Å². The quantitative estimate of drug-likeness (QED) is 0.852. The summed E-state index contributed by atoms with van der Waals surface area (Å²) in [6.07, 6.45) is 4.61. The molecule has 1 amide bonds. The summed E-state index contributed by atoms with van der Waals surface area (Å²) < 4.78 is 1.71. The molecule has 1 aliphatic rings. The summed E-state index contributed by atoms with van der Waals surface area (Å²) in [5, 5.41) is 13.2. The van der Waals surface area contributed by atoms with Gasteiger partial charge in [0.2, 0.25) is 9.97 Å². The van der Waals surface area contributed by atoms with Crippen molar-refractivity contribution in [2.45, 2.75) is 45.4 Å². The average Bonchev–Trinajstić information content (AvgIpc) is 2.87. The molecule has 0 unspecified atom stereocenters. The van der Waals surface area contributed by atoms with Gasteiger partial charge in [-0.1, -0.05) is 38.0 Å². The first-order chi connectivity index (χ1) is 9.66. The monoisotopic (exact) mass is 293 g/mol. The van der Waals surface area contributed by atoms with E-state index in [-0.39, 0.29) is 11.8 Å². The molecule has 0 atom stereocenters. The number of amides is 1. The maximum atomic E-state index is 12.5. The topological polar surface area (TPSA) is 63.4 Å². The van der Waals surface area contributed by atoms with Crippen molar-refractivity contribution in [2.75, 3.05) is 13.1 Å². The van der Waals surface area contributed by atoms with Crippen molar-refractivity contribution in [2.24, 2.45) is 0 Å². The molecule has 1 saturated heterocycles. The zero-order valence-electron chi connectivity index (χ0n) is 11.9. The smallest absolute Gasteiger partial charge is 0.284 e. The summed E-state index contributed by atoms with van der Waals surface area (Å²) in [6.45, 7) is 5.78. The number of rotatable bonds is 2. The molecular formula is C13H19N5OS. The van der Waals surface area contributed by atoms with Crippen LogP contribution in [0.1, 0.15) is 61.1 Å². The van der Waals surface area contributed by atoms with Crippen LogP contribution >= 0.6 is 11.3 Å². The van der Waals surface area contributed by atoms with Gasteiger partial charge in [0.25, 0.3) is 5.91 Å². The molecule has 0 bridgehead atoms. The normalized spacial score (nSPS) is 16.9. The Kier molecular flexibility index (Phi) is 3.69. The molecule has 0 radical (unpaired) electrons. The van der Waals surface area contributed by atoms with E-state index in [0.29, 0.717) is 9.97 Å². The lowest BCUT2D eigenvalue weighted by Gasteiger charge is -2.18. The summed E-state index contributed by atoms with van der Waals surface area (Å²) in [5.74, 6) is 1.09. The van der Waals surface area contributed by atoms with Gasteiger partial charge in [0.05, 0.1) is 0 Å². The Balaban J connectivity index is 1.87. The molecule has 0 aromatic carbocycles. The molecule has 0 N–H and O–H groups in total. The van der Waals surface area contributed by atoms with Crippen LogP contribution in [0.25, 0.3) is 4.96 Å². The number of hydrogen-bond acceptors (Lipinski definition) is 5. The van der Waals surface area contributed by atoms with Gasteiger partial charge in [-0.05, 0) is 12.8 Å². The summed E-state index contributed by atoms with van der Waals surface area (Å²) >= 11 is 1.33. The van der Waals surface area contributed by atoms with Crippen molar-refractivity contribution in [1.82, 2.24) is 24.7 Å². The zero-order chi connectivity index (χ0) is 14.1. The third-order valence-electron chi connectivity index (χ3n) is 3.61. The van der Waals surface area contributed by atoms with Crippen molar-refractivity contribution in [3.63, 3.8) is 0 Å². The lowest BCUT2D eigenvalue weighted by molar-refractivity contribution is 0.0760. The van der Waals surface area contributed by atoms with E-state index in [9.17, 15) is 4.79 Å². The fraction of sp³-hybridized carbons (Fsp3) is 0.692. The van der Waals surface area contributed by atoms with E-state index in [1.165, 1.54) is 24.2 Å². The van der Waals surface area contributed by atoms with Crippen LogP contribution in [0.5, 0.6) is 0 Å². The predicted octanol–water partition coefficient (Wildman–Crippen LogP) is 2.33. The molecule has 1 fully saturated rings. The number of likely N-dealkylation sites (tertiary alicyclic amines) is 1. The lowest BCUT2D eigenvalue weighted by atomic mass is 10.2. The number of nitrogens with zero attached hydrogens (tertiary/aromatic N) is 5. The SMILES string of the molecule is CC(C)c1nnc2sc(C(=O)N3CCCCCC3)nn12. The minimum absolute atomic E-state index is 0.0390. The van der Waals surface area contributed by atoms with Gasteiger partial charge in [-0.3, -0.25) is 4.79 Å². The molecule has 108 valence electrons. The third kappa shape index (κ3) is 2.42. The summed E-state index contributed by atoms with van der Waals surface area (Å²) in [4.78, 5) is 15.1. The van der Waals surface area contributed by atoms with Crippen LogP contribution in [0, 0.1) is 0 Å². The van der Waals surface area contributed by atoms with Gasteiger partial charge in [0.1, 0.15) is 0 Å². The molecule has 0 spiro atoms. The highest BCUT2D eigenvalue weighted by Gasteiger charge is 2.23. The van der Waals surface area contributed by atoms with Crippen molar-refractivity contribution in [3.8, 4) is 0 Å². The Morgan fingerprint density at radius 3 is 2.50 bits per heavy atom. The Morgan fingerprint density at radius 1 is 1.15 bits per heavy atom. The summed E-state index contributed by atoms with van der Waals surface area (Å²) in [6, 6.07) is 0. The maximum absolute atomic E-state index is 12.5. The van der Waals surface area contributed by atoms with Crippen LogP contribution in [0.3, 0.4) is 0 Å². The highest BCUT2D eigenvalue weighted by Crippen LogP contribution is 2.20. The minimum atomic E-state index is 0.0390. The van der Waals surface area contributed by atoms with Crippen molar-refractivity contribution < 1.29 is 4.79 Å². The molecule has 0 aliphatic carbocycles. The molecule has 1 aliphatic heterocycles. The van der Waals surface area contributed by atoms with E-state index < -0.39 is 0 Å². The van der Waals surface area contributed by atoms with E-state index in [0.717, 1.165) is 31.8 Å². The Bertz CT molecular complexity index is 609. The van der Waals surface area contributed by atoms with E-state index in [1.807, 2.05) is 18.7 Å². The first-order valence-electron chi connectivity index (χ1n) is 7.18. The Morgan fingerprint density at radius 2 is 1.85 bits per heavy atom. The molecule has 3 heterocycles. The Labute approximate surface area is 121 Å². The number of aromatic nitrogens is 4. The number of hydrogen-bond donors (Lipinski definition) is 0. The molecule has 6 nitrogen and oxygen atoms in total. The van der Waals surface area contributed by atoms with Crippen molar-refractivity contribution in [3.05, 3.63) is 10.8 Å². The van der Waals surface area contributed by atoms with Gasteiger partial charge >= 0.3 is 0 Å². The van der Waals surface area contributed by atoms with Gasteiger partial charge in [0, 0.05) is 19.0 Å². The highest BCUT2D eigenvalue weighted by atomic mass is 32.1. The van der Waals surface area contributed by atoms with Crippen molar-refractivity contribution >= 4 is 22.2 Å². The van der Waals surface area contributed by atoms with Crippen LogP contribution in [-0.4, -0.2) is 43.7 Å². The predicted molar refractivity (Wildman–Crippen MR) is 77.1 cm³/mol. The second-order valence-corrected chi connectivity index (χ2v) is 6.48. The Hall–Kier alpha value is -1.50. The zero-order valence-corrected chi connectivity index (χ0v) is 12.7. The summed E-state index contributed by atoms with van der Waals surface area (Å²) in [7, 11) is 0. The second-order valence-electron chi connectivity index (χ2n) is 5.52. The van der Waals surface area contributed by atoms with Gasteiger partial charge < -0.3 is 4.90 Å². The average molecular weight is 293 g/mol. The van der Waals surface area contributed by atoms with Crippen LogP contribution in [0.4, 0.5) is 0 Å². The molecule has 7 heteroatoms. The fourth-order valence-electron chi connectivity index (χ4n) is 2.49. The van der Waals surface area contributed by atoms with Crippen LogP contribution in [-0.2, 0) is 0 Å². The van der Waals surface area contributed by atoms with Gasteiger partial charge in [-0.15, -0.1) is 15.3 Å². The van der Waals surface area contributed by atoms with Crippen molar-refractivity contribution in [1.29, 1.82) is 0 Å². The first kappa shape index (κ1) is 13.5. The van der Waals surface area contributed by atoms with Crippen LogP contribution < -0.4 is 0 Å². The maximum Gasteiger partial charge on any atom is 0.284 e. The number of carbonyl (C=O) groups is 1. The molecule has 2 aromatic heterocycles. The first-order valence-corrected chi connectivity index (χ1v) is 8.00.